The van der Waals surface area contributed by atoms with E-state index in [1.54, 1.807) is 24.3 Å². The van der Waals surface area contributed by atoms with Crippen LogP contribution in [-0.2, 0) is 83.4 Å². The van der Waals surface area contributed by atoms with Gasteiger partial charge in [-0.05, 0) is 134 Å². The predicted molar refractivity (Wildman–Crippen MR) is 332 cm³/mol. The minimum absolute atomic E-state index is 0.402. The van der Waals surface area contributed by atoms with Crippen LogP contribution in [0, 0.1) is 11.6 Å². The average Bonchev–Trinajstić information content (AvgIpc) is 1.81. The highest BCUT2D eigenvalue weighted by Crippen LogP contribution is 2.69. The number of rotatable bonds is 6. The molecule has 82 heavy (non-hydrogen) atoms. The van der Waals surface area contributed by atoms with Crippen LogP contribution in [0.4, 0.5) is 8.78 Å². The minimum atomic E-state index is -5.49. The molecule has 2 aliphatic rings. The van der Waals surface area contributed by atoms with Crippen molar-refractivity contribution < 1.29 is 36.8 Å². The molecule has 2 aliphatic heterocycles. The van der Waals surface area contributed by atoms with Crippen LogP contribution in [0.1, 0.15) is 244 Å². The van der Waals surface area contributed by atoms with Gasteiger partial charge >= 0.3 is 7.82 Å². The normalized spacial score (nSPS) is 19.6. The second-order valence-corrected chi connectivity index (χ2v) is 33.3. The summed E-state index contributed by atoms with van der Waals surface area (Å²) >= 11 is 0. The molecule has 9 heteroatoms. The highest BCUT2D eigenvalue weighted by molar-refractivity contribution is 7.47. The van der Waals surface area contributed by atoms with Crippen molar-refractivity contribution in [3.05, 3.63) is 211 Å². The average molecular weight is 1140 g/mol. The van der Waals surface area contributed by atoms with Crippen LogP contribution in [-0.4, -0.2) is 17.1 Å². The molecule has 6 nitrogen and oxygen atoms in total. The summed E-state index contributed by atoms with van der Waals surface area (Å²) in [4.78, 5) is 13.8. The van der Waals surface area contributed by atoms with Crippen LogP contribution < -0.4 is 0 Å². The Kier molecular flexibility index (Phi) is 15.8. The molecular weight excluding hydrogens is 1040 g/mol. The van der Waals surface area contributed by atoms with Gasteiger partial charge in [-0.1, -0.05) is 263 Å². The number of phosphoric acid groups is 1. The first-order valence-corrected chi connectivity index (χ1v) is 30.9. The number of benzene rings is 6. The Balaban J connectivity index is 1.75. The molecule has 0 amide bonds. The van der Waals surface area contributed by atoms with Crippen molar-refractivity contribution >= 4 is 7.82 Å². The fourth-order valence-electron chi connectivity index (χ4n) is 11.4. The van der Waals surface area contributed by atoms with Gasteiger partial charge in [0.1, 0.15) is 23.8 Å². The molecule has 2 heterocycles. The predicted octanol–water partition coefficient (Wildman–Crippen LogP) is 19.4. The minimum Gasteiger partial charge on any atom is -0.332 e. The number of fused-ring (bicyclic) bond motifs is 1. The molecule has 0 bridgehead atoms. The molecule has 2 atom stereocenters. The zero-order valence-electron chi connectivity index (χ0n) is 53.9. The standard InChI is InChI=1S/C73H95F2O6P/c1-63(2,3)47-33-48(64(4,5)6)38-55(37-47)71(56-39-49(65(7,8)9)34-50(40-56)66(10,11)12)61-62(79-73(78-61,45-25-29-59(74)30-26-45)46-27-31-60(75)32-28-46)72(81-82(76,77)80-71,57-41-51(67(13,14)15)35-52(42-57)68(16,17)18)58-43-53(69(19,20)21)36-54(44-58)70(22,23)24/h25-44,61-62H,1-24H3,(H,76,77)/t61-,62-/m0/s1. The van der Waals surface area contributed by atoms with E-state index in [2.05, 4.69) is 239 Å². The van der Waals surface area contributed by atoms with Gasteiger partial charge in [0.05, 0.1) is 0 Å². The van der Waals surface area contributed by atoms with E-state index in [-0.39, 0.29) is 0 Å². The Morgan fingerprint density at radius 3 is 0.683 bits per heavy atom. The molecule has 0 saturated carbocycles. The summed E-state index contributed by atoms with van der Waals surface area (Å²) < 4.78 is 79.7. The number of ether oxygens (including phenoxy) is 2. The topological polar surface area (TPSA) is 74.2 Å². The molecule has 0 spiro atoms. The molecule has 6 aromatic rings. The summed E-state index contributed by atoms with van der Waals surface area (Å²) in [6.07, 6.45) is -2.85. The lowest BCUT2D eigenvalue weighted by molar-refractivity contribution is -0.182. The number of hydrogen-bond donors (Lipinski definition) is 1. The van der Waals surface area contributed by atoms with Gasteiger partial charge in [-0.25, -0.2) is 13.3 Å². The SMILES string of the molecule is CC(C)(C)c1cc(C(C)(C)C)cc(C2(c3cc(C(C)(C)C)cc(C(C)(C)C)c3)OP(=O)(O)OC(c3cc(C(C)(C)C)cc(C(C)(C)C)c3)(c3cc(C(C)(C)C)cc(C(C)(C)C)c3)[C@H]3OC(c4ccc(F)cc4)(c4ccc(F)cc4)O[C@@H]32)c1. The van der Waals surface area contributed by atoms with E-state index in [4.69, 9.17) is 18.5 Å². The van der Waals surface area contributed by atoms with Gasteiger partial charge in [-0.2, -0.15) is 0 Å². The first-order valence-electron chi connectivity index (χ1n) is 29.4. The Bertz CT molecular complexity index is 2900. The molecule has 8 rings (SSSR count). The van der Waals surface area contributed by atoms with E-state index in [1.165, 1.54) is 24.3 Å². The molecular formula is C73H95F2O6P. The molecule has 0 radical (unpaired) electrons. The molecule has 1 N–H and O–H groups in total. The maximum atomic E-state index is 17.0. The molecule has 6 aromatic carbocycles. The first kappa shape index (κ1) is 63.2. The quantitative estimate of drug-likeness (QED) is 0.168. The fraction of sp³-hybridized carbons (Fsp3) is 0.507. The van der Waals surface area contributed by atoms with Gasteiger partial charge in [0.25, 0.3) is 0 Å². The van der Waals surface area contributed by atoms with Gasteiger partial charge in [-0.3, -0.25) is 9.05 Å². The largest absolute Gasteiger partial charge is 0.474 e. The Morgan fingerprint density at radius 2 is 0.512 bits per heavy atom. The van der Waals surface area contributed by atoms with Gasteiger partial charge in [0.2, 0.25) is 5.79 Å². The summed E-state index contributed by atoms with van der Waals surface area (Å²) in [6, 6.07) is 37.8. The zero-order valence-corrected chi connectivity index (χ0v) is 54.8. The third-order valence-corrected chi connectivity index (χ3v) is 18.0. The van der Waals surface area contributed by atoms with Gasteiger partial charge in [0, 0.05) is 11.1 Å². The second kappa shape index (κ2) is 20.4. The maximum Gasteiger partial charge on any atom is 0.474 e. The third-order valence-electron chi connectivity index (χ3n) is 17.0. The van der Waals surface area contributed by atoms with Crippen LogP contribution in [0.3, 0.4) is 0 Å². The number of halogens is 2. The van der Waals surface area contributed by atoms with E-state index in [9.17, 15) is 4.89 Å². The van der Waals surface area contributed by atoms with Crippen LogP contribution in [0.5, 0.6) is 0 Å². The van der Waals surface area contributed by atoms with Crippen LogP contribution in [0.2, 0.25) is 0 Å². The van der Waals surface area contributed by atoms with E-state index in [0.29, 0.717) is 33.4 Å². The maximum absolute atomic E-state index is 17.0. The van der Waals surface area contributed by atoms with Crippen molar-refractivity contribution in [1.82, 2.24) is 0 Å². The van der Waals surface area contributed by atoms with E-state index in [0.717, 1.165) is 44.5 Å². The highest BCUT2D eigenvalue weighted by Gasteiger charge is 2.71. The van der Waals surface area contributed by atoms with Crippen LogP contribution in [0.25, 0.3) is 0 Å². The van der Waals surface area contributed by atoms with Gasteiger partial charge < -0.3 is 14.4 Å². The fourth-order valence-corrected chi connectivity index (χ4v) is 12.8. The van der Waals surface area contributed by atoms with E-state index < -0.39 is 92.0 Å². The Labute approximate surface area is 491 Å². The Morgan fingerprint density at radius 1 is 0.329 bits per heavy atom. The lowest BCUT2D eigenvalue weighted by atomic mass is 9.67. The van der Waals surface area contributed by atoms with Crippen LogP contribution in [0.15, 0.2) is 121 Å². The molecule has 0 unspecified atom stereocenters. The zero-order chi connectivity index (χ0) is 61.4. The van der Waals surface area contributed by atoms with Crippen molar-refractivity contribution in [2.75, 3.05) is 0 Å². The van der Waals surface area contributed by atoms with Crippen molar-refractivity contribution in [3.8, 4) is 0 Å². The summed E-state index contributed by atoms with van der Waals surface area (Å²) in [5, 5.41) is 0. The van der Waals surface area contributed by atoms with Gasteiger partial charge in [0.15, 0.2) is 11.2 Å². The molecule has 442 valence electrons. The summed E-state index contributed by atoms with van der Waals surface area (Å²) in [5.41, 5.74) is 3.00. The monoisotopic (exact) mass is 1140 g/mol. The molecule has 0 aliphatic carbocycles. The van der Waals surface area contributed by atoms with Crippen molar-refractivity contribution in [3.63, 3.8) is 0 Å². The van der Waals surface area contributed by atoms with Gasteiger partial charge in [-0.15, -0.1) is 0 Å². The van der Waals surface area contributed by atoms with E-state index in [1.807, 2.05) is 0 Å². The molecule has 2 fully saturated rings. The number of hydrogen-bond acceptors (Lipinski definition) is 5. The smallest absolute Gasteiger partial charge is 0.332 e. The molecule has 2 saturated heterocycles. The lowest BCUT2D eigenvalue weighted by Crippen LogP contribution is -2.54. The third kappa shape index (κ3) is 12.1. The van der Waals surface area contributed by atoms with Crippen molar-refractivity contribution in [2.45, 2.75) is 239 Å². The van der Waals surface area contributed by atoms with Crippen LogP contribution >= 0.6 is 7.82 Å². The highest BCUT2D eigenvalue weighted by atomic mass is 31.2. The summed E-state index contributed by atoms with van der Waals surface area (Å²) in [6.45, 7) is 52.0. The number of phosphoric ester groups is 1. The summed E-state index contributed by atoms with van der Waals surface area (Å²) in [5.74, 6) is -2.94. The van der Waals surface area contributed by atoms with Crippen molar-refractivity contribution in [1.29, 1.82) is 0 Å². The van der Waals surface area contributed by atoms with Crippen molar-refractivity contribution in [2.24, 2.45) is 0 Å². The molecule has 0 aromatic heterocycles. The second-order valence-electron chi connectivity index (χ2n) is 32.0. The van der Waals surface area contributed by atoms with E-state index >= 15 is 13.3 Å². The lowest BCUT2D eigenvalue weighted by Gasteiger charge is -2.43. The Hall–Kier alpha value is -4.79. The summed E-state index contributed by atoms with van der Waals surface area (Å²) in [7, 11) is -5.49. The first-order chi connectivity index (χ1) is 37.1.